The number of rotatable bonds is 7. The van der Waals surface area contributed by atoms with Crippen LogP contribution in [0.15, 0.2) is 54.6 Å². The standard InChI is InChI=1S/C21H22N2O5/c1-2-21(20(26)27,14-8-4-3-5-9-14)13-22-18(24)12-17-19(25)23-15-10-6-7-11-16(15)28-17/h3-11,17H,2,12-13H2,1H3,(H,22,24)(H,23,25)(H,26,27). The summed E-state index contributed by atoms with van der Waals surface area (Å²) in [4.78, 5) is 36.6. The van der Waals surface area contributed by atoms with Gasteiger partial charge in [-0.25, -0.2) is 0 Å². The third-order valence-corrected chi connectivity index (χ3v) is 5.00. The molecule has 0 saturated heterocycles. The number of para-hydroxylation sites is 2. The van der Waals surface area contributed by atoms with Gasteiger partial charge in [-0.2, -0.15) is 0 Å². The fraction of sp³-hybridized carbons (Fsp3) is 0.286. The van der Waals surface area contributed by atoms with Crippen LogP contribution in [0.5, 0.6) is 5.75 Å². The Morgan fingerprint density at radius 3 is 2.50 bits per heavy atom. The molecule has 2 unspecified atom stereocenters. The predicted molar refractivity (Wildman–Crippen MR) is 103 cm³/mol. The molecule has 0 aromatic heterocycles. The fourth-order valence-corrected chi connectivity index (χ4v) is 3.26. The first-order valence-electron chi connectivity index (χ1n) is 9.08. The third-order valence-electron chi connectivity index (χ3n) is 5.00. The number of hydrogen-bond donors (Lipinski definition) is 3. The van der Waals surface area contributed by atoms with Gasteiger partial charge in [0.2, 0.25) is 5.91 Å². The number of carbonyl (C=O) groups excluding carboxylic acids is 2. The molecule has 0 bridgehead atoms. The van der Waals surface area contributed by atoms with Gasteiger partial charge < -0.3 is 20.5 Å². The summed E-state index contributed by atoms with van der Waals surface area (Å²) in [5.74, 6) is -1.37. The summed E-state index contributed by atoms with van der Waals surface area (Å²) in [5, 5.41) is 15.2. The lowest BCUT2D eigenvalue weighted by Crippen LogP contribution is -2.48. The molecular formula is C21H22N2O5. The van der Waals surface area contributed by atoms with Gasteiger partial charge in [0.1, 0.15) is 11.2 Å². The van der Waals surface area contributed by atoms with E-state index in [0.717, 1.165) is 0 Å². The lowest BCUT2D eigenvalue weighted by molar-refractivity contribution is -0.144. The van der Waals surface area contributed by atoms with Crippen molar-refractivity contribution in [1.29, 1.82) is 0 Å². The van der Waals surface area contributed by atoms with E-state index in [9.17, 15) is 19.5 Å². The average molecular weight is 382 g/mol. The van der Waals surface area contributed by atoms with E-state index >= 15 is 0 Å². The van der Waals surface area contributed by atoms with Crippen molar-refractivity contribution in [2.24, 2.45) is 0 Å². The van der Waals surface area contributed by atoms with Crippen molar-refractivity contribution in [3.8, 4) is 5.75 Å². The van der Waals surface area contributed by atoms with Crippen LogP contribution in [0.2, 0.25) is 0 Å². The molecule has 28 heavy (non-hydrogen) atoms. The fourth-order valence-electron chi connectivity index (χ4n) is 3.26. The molecule has 1 aliphatic rings. The van der Waals surface area contributed by atoms with Gasteiger partial charge in [0.05, 0.1) is 12.1 Å². The van der Waals surface area contributed by atoms with Gasteiger partial charge >= 0.3 is 5.97 Å². The largest absolute Gasteiger partial charge is 0.481 e. The maximum Gasteiger partial charge on any atom is 0.315 e. The first-order chi connectivity index (χ1) is 13.5. The van der Waals surface area contributed by atoms with Crippen molar-refractivity contribution in [2.45, 2.75) is 31.3 Å². The van der Waals surface area contributed by atoms with Crippen LogP contribution in [0.4, 0.5) is 5.69 Å². The van der Waals surface area contributed by atoms with Crippen LogP contribution in [0.1, 0.15) is 25.3 Å². The molecule has 146 valence electrons. The van der Waals surface area contributed by atoms with E-state index in [2.05, 4.69) is 10.6 Å². The van der Waals surface area contributed by atoms with Crippen LogP contribution in [-0.2, 0) is 19.8 Å². The lowest BCUT2D eigenvalue weighted by atomic mass is 9.78. The number of carboxylic acids is 1. The Kier molecular flexibility index (Phi) is 5.63. The number of fused-ring (bicyclic) bond motifs is 1. The van der Waals surface area contributed by atoms with Crippen LogP contribution < -0.4 is 15.4 Å². The molecule has 1 heterocycles. The Morgan fingerprint density at radius 2 is 1.82 bits per heavy atom. The summed E-state index contributed by atoms with van der Waals surface area (Å²) in [6, 6.07) is 15.8. The van der Waals surface area contributed by atoms with E-state index in [0.29, 0.717) is 23.4 Å². The Balaban J connectivity index is 1.67. The first-order valence-corrected chi connectivity index (χ1v) is 9.08. The number of hydrogen-bond acceptors (Lipinski definition) is 4. The number of carboxylic acid groups (broad SMARTS) is 1. The summed E-state index contributed by atoms with van der Waals surface area (Å²) >= 11 is 0. The number of benzene rings is 2. The molecule has 0 saturated carbocycles. The first kappa shape index (κ1) is 19.4. The van der Waals surface area contributed by atoms with Gasteiger partial charge in [0.25, 0.3) is 5.91 Å². The molecule has 3 rings (SSSR count). The number of nitrogens with one attached hydrogen (secondary N) is 2. The lowest BCUT2D eigenvalue weighted by Gasteiger charge is -2.30. The van der Waals surface area contributed by atoms with Gasteiger partial charge in [-0.3, -0.25) is 14.4 Å². The molecule has 2 aromatic rings. The minimum absolute atomic E-state index is 0.0768. The molecule has 2 aromatic carbocycles. The van der Waals surface area contributed by atoms with Crippen LogP contribution in [0.25, 0.3) is 0 Å². The monoisotopic (exact) mass is 382 g/mol. The number of carbonyl (C=O) groups is 3. The van der Waals surface area contributed by atoms with E-state index in [1.807, 2.05) is 0 Å². The van der Waals surface area contributed by atoms with E-state index in [1.54, 1.807) is 61.5 Å². The molecule has 7 heteroatoms. The molecule has 0 fully saturated rings. The van der Waals surface area contributed by atoms with Crippen LogP contribution in [-0.4, -0.2) is 35.5 Å². The number of aliphatic carboxylic acids is 1. The van der Waals surface area contributed by atoms with Gasteiger partial charge in [-0.15, -0.1) is 0 Å². The van der Waals surface area contributed by atoms with Gasteiger partial charge in [-0.05, 0) is 24.1 Å². The second-order valence-corrected chi connectivity index (χ2v) is 6.68. The zero-order valence-electron chi connectivity index (χ0n) is 15.5. The van der Waals surface area contributed by atoms with Crippen LogP contribution >= 0.6 is 0 Å². The van der Waals surface area contributed by atoms with Crippen LogP contribution in [0.3, 0.4) is 0 Å². The van der Waals surface area contributed by atoms with Gasteiger partial charge in [0, 0.05) is 6.54 Å². The van der Waals surface area contributed by atoms with Crippen molar-refractivity contribution in [3.63, 3.8) is 0 Å². The number of ether oxygens (including phenoxy) is 1. The summed E-state index contributed by atoms with van der Waals surface area (Å²) in [7, 11) is 0. The number of amides is 2. The highest BCUT2D eigenvalue weighted by Gasteiger charge is 2.39. The van der Waals surface area contributed by atoms with Crippen LogP contribution in [0, 0.1) is 0 Å². The minimum Gasteiger partial charge on any atom is -0.481 e. The Hall–Kier alpha value is -3.35. The highest BCUT2D eigenvalue weighted by atomic mass is 16.5. The molecule has 0 aliphatic carbocycles. The highest BCUT2D eigenvalue weighted by Crippen LogP contribution is 2.30. The van der Waals surface area contributed by atoms with Crippen molar-refractivity contribution < 1.29 is 24.2 Å². The molecule has 1 aliphatic heterocycles. The third kappa shape index (κ3) is 3.83. The van der Waals surface area contributed by atoms with Crippen molar-refractivity contribution in [3.05, 3.63) is 60.2 Å². The van der Waals surface area contributed by atoms with E-state index in [4.69, 9.17) is 4.74 Å². The Labute approximate surface area is 162 Å². The summed E-state index contributed by atoms with van der Waals surface area (Å²) in [5.41, 5.74) is -0.0610. The quantitative estimate of drug-likeness (QED) is 0.682. The van der Waals surface area contributed by atoms with E-state index in [-0.39, 0.29) is 13.0 Å². The Bertz CT molecular complexity index is 883. The molecular weight excluding hydrogens is 360 g/mol. The molecule has 0 spiro atoms. The molecule has 7 nitrogen and oxygen atoms in total. The average Bonchev–Trinajstić information content (AvgIpc) is 2.70. The number of anilines is 1. The smallest absolute Gasteiger partial charge is 0.315 e. The normalized spacial score (nSPS) is 17.5. The Morgan fingerprint density at radius 1 is 1.14 bits per heavy atom. The summed E-state index contributed by atoms with van der Waals surface area (Å²) in [6.07, 6.45) is -0.859. The minimum atomic E-state index is -1.24. The molecule has 0 radical (unpaired) electrons. The van der Waals surface area contributed by atoms with E-state index in [1.165, 1.54) is 0 Å². The highest BCUT2D eigenvalue weighted by molar-refractivity contribution is 6.00. The zero-order valence-corrected chi connectivity index (χ0v) is 15.5. The molecule has 2 atom stereocenters. The van der Waals surface area contributed by atoms with Gasteiger partial charge in [0.15, 0.2) is 6.10 Å². The molecule has 3 N–H and O–H groups in total. The van der Waals surface area contributed by atoms with E-state index < -0.39 is 29.3 Å². The van der Waals surface area contributed by atoms with Crippen molar-refractivity contribution >= 4 is 23.5 Å². The topological polar surface area (TPSA) is 105 Å². The molecule has 2 amide bonds. The maximum atomic E-state index is 12.4. The predicted octanol–water partition coefficient (Wildman–Crippen LogP) is 2.33. The second kappa shape index (κ2) is 8.12. The second-order valence-electron chi connectivity index (χ2n) is 6.68. The van der Waals surface area contributed by atoms with Gasteiger partial charge in [-0.1, -0.05) is 49.4 Å². The maximum absolute atomic E-state index is 12.4. The van der Waals surface area contributed by atoms with Crippen molar-refractivity contribution in [1.82, 2.24) is 5.32 Å². The summed E-state index contributed by atoms with van der Waals surface area (Å²) in [6.45, 7) is 1.69. The zero-order chi connectivity index (χ0) is 20.1. The van der Waals surface area contributed by atoms with Crippen molar-refractivity contribution in [2.75, 3.05) is 11.9 Å². The SMILES string of the molecule is CCC(CNC(=O)CC1Oc2ccccc2NC1=O)(C(=O)O)c1ccccc1. The summed E-state index contributed by atoms with van der Waals surface area (Å²) < 4.78 is 5.62.